The summed E-state index contributed by atoms with van der Waals surface area (Å²) in [5.41, 5.74) is 7.67. The van der Waals surface area contributed by atoms with E-state index < -0.39 is 0 Å². The van der Waals surface area contributed by atoms with Gasteiger partial charge in [-0.2, -0.15) is 0 Å². The molecule has 1 aliphatic rings. The van der Waals surface area contributed by atoms with Crippen LogP contribution in [0.4, 0.5) is 5.69 Å². The van der Waals surface area contributed by atoms with Gasteiger partial charge in [-0.05, 0) is 67.5 Å². The molecule has 0 atom stereocenters. The van der Waals surface area contributed by atoms with Crippen molar-refractivity contribution in [3.8, 4) is 0 Å². The maximum Gasteiger partial charge on any atom is 0.0419 e. The Morgan fingerprint density at radius 3 is 2.79 bits per heavy atom. The van der Waals surface area contributed by atoms with Crippen molar-refractivity contribution in [1.82, 2.24) is 0 Å². The molecule has 0 aliphatic heterocycles. The number of hydrogen-bond acceptors (Lipinski definition) is 2. The number of aryl methyl sites for hydroxylation is 1. The van der Waals surface area contributed by atoms with Gasteiger partial charge < -0.3 is 5.32 Å². The maximum atomic E-state index is 4.11. The van der Waals surface area contributed by atoms with Gasteiger partial charge in [0.25, 0.3) is 0 Å². The molecule has 0 heterocycles. The molecular weight excluding hydrogens is 232 g/mol. The van der Waals surface area contributed by atoms with Crippen molar-refractivity contribution >= 4 is 11.9 Å². The number of rotatable bonds is 4. The van der Waals surface area contributed by atoms with Gasteiger partial charge >= 0.3 is 0 Å². The molecule has 2 heteroatoms. The third kappa shape index (κ3) is 2.95. The summed E-state index contributed by atoms with van der Waals surface area (Å²) >= 11 is 0. The number of nitrogens with one attached hydrogen (secondary N) is 1. The van der Waals surface area contributed by atoms with Crippen molar-refractivity contribution in [3.05, 3.63) is 52.7 Å². The van der Waals surface area contributed by atoms with Crippen LogP contribution in [0.5, 0.6) is 0 Å². The quantitative estimate of drug-likeness (QED) is 0.636. The van der Waals surface area contributed by atoms with Crippen molar-refractivity contribution in [3.63, 3.8) is 0 Å². The van der Waals surface area contributed by atoms with Gasteiger partial charge in [0.2, 0.25) is 0 Å². The molecule has 0 radical (unpaired) electrons. The van der Waals surface area contributed by atoms with Gasteiger partial charge in [0.15, 0.2) is 0 Å². The fourth-order valence-corrected chi connectivity index (χ4v) is 2.55. The van der Waals surface area contributed by atoms with Crippen molar-refractivity contribution in [2.75, 3.05) is 12.4 Å². The summed E-state index contributed by atoms with van der Waals surface area (Å²) in [4.78, 5) is 3.96. The van der Waals surface area contributed by atoms with Crippen LogP contribution in [0.15, 0.2) is 41.1 Å². The lowest BCUT2D eigenvalue weighted by Gasteiger charge is -2.15. The number of allylic oxidation sites excluding steroid dienone is 2. The van der Waals surface area contributed by atoms with E-state index in [0.717, 1.165) is 11.3 Å². The Morgan fingerprint density at radius 2 is 2.05 bits per heavy atom. The highest BCUT2D eigenvalue weighted by Crippen LogP contribution is 2.32. The predicted octanol–water partition coefficient (Wildman–Crippen LogP) is 4.06. The average Bonchev–Trinajstić information content (AvgIpc) is 2.89. The van der Waals surface area contributed by atoms with Gasteiger partial charge in [0.1, 0.15) is 0 Å². The molecule has 0 fully saturated rings. The second-order valence-corrected chi connectivity index (χ2v) is 5.10. The molecule has 0 amide bonds. The Labute approximate surface area is 116 Å². The lowest BCUT2D eigenvalue weighted by Crippen LogP contribution is -2.03. The largest absolute Gasteiger partial charge is 0.356 e. The summed E-state index contributed by atoms with van der Waals surface area (Å²) in [5, 5.41) is 3.45. The zero-order valence-corrected chi connectivity index (χ0v) is 12.1. The van der Waals surface area contributed by atoms with E-state index in [-0.39, 0.29) is 0 Å². The summed E-state index contributed by atoms with van der Waals surface area (Å²) in [7, 11) is 1.77. The van der Waals surface area contributed by atoms with Gasteiger partial charge in [-0.25, -0.2) is 0 Å². The lowest BCUT2D eigenvalue weighted by molar-refractivity contribution is 0.909. The fraction of sp³-hybridized carbons (Fsp3) is 0.353. The minimum absolute atomic E-state index is 0.942. The highest BCUT2D eigenvalue weighted by molar-refractivity contribution is 5.74. The van der Waals surface area contributed by atoms with Crippen LogP contribution in [0, 0.1) is 6.92 Å². The van der Waals surface area contributed by atoms with Crippen LogP contribution in [0.3, 0.4) is 0 Å². The molecule has 1 aromatic carbocycles. The highest BCUT2D eigenvalue weighted by Gasteiger charge is 2.17. The molecule has 0 unspecified atom stereocenters. The van der Waals surface area contributed by atoms with Gasteiger partial charge in [-0.1, -0.05) is 12.6 Å². The lowest BCUT2D eigenvalue weighted by atomic mass is 10.0. The summed E-state index contributed by atoms with van der Waals surface area (Å²) in [6.45, 7) is 8.36. The molecule has 0 spiro atoms. The van der Waals surface area contributed by atoms with Gasteiger partial charge in [0.05, 0.1) is 0 Å². The molecule has 100 valence electrons. The first-order valence-electron chi connectivity index (χ1n) is 6.80. The minimum atomic E-state index is 0.942. The molecule has 1 N–H and O–H groups in total. The first-order chi connectivity index (χ1) is 9.13. The van der Waals surface area contributed by atoms with Crippen molar-refractivity contribution < 1.29 is 0 Å². The molecule has 0 bridgehead atoms. The Morgan fingerprint density at radius 1 is 1.32 bits per heavy atom. The second-order valence-electron chi connectivity index (χ2n) is 5.10. The van der Waals surface area contributed by atoms with Crippen molar-refractivity contribution in [2.24, 2.45) is 4.99 Å². The first-order valence-corrected chi connectivity index (χ1v) is 6.80. The maximum absolute atomic E-state index is 4.11. The molecule has 1 aliphatic carbocycles. The van der Waals surface area contributed by atoms with Gasteiger partial charge in [0, 0.05) is 24.6 Å². The topological polar surface area (TPSA) is 24.4 Å². The number of anilines is 1. The summed E-state index contributed by atoms with van der Waals surface area (Å²) < 4.78 is 0. The zero-order valence-electron chi connectivity index (χ0n) is 12.1. The number of nitrogens with zero attached hydrogens (tertiary/aromatic N) is 1. The zero-order chi connectivity index (χ0) is 13.8. The summed E-state index contributed by atoms with van der Waals surface area (Å²) in [5.74, 6) is 0. The number of fused-ring (bicyclic) bond motifs is 1. The van der Waals surface area contributed by atoms with Gasteiger partial charge in [-0.15, -0.1) is 0 Å². The van der Waals surface area contributed by atoms with Crippen LogP contribution >= 0.6 is 0 Å². The minimum Gasteiger partial charge on any atom is -0.356 e. The first kappa shape index (κ1) is 13.6. The molecule has 0 aromatic heterocycles. The standard InChI is InChI=1S/C17H22N2/c1-12(10-11-18-4)14(3)19-17-9-8-13(2)15-6-5-7-16(15)17/h8-11,19H,3,5-7H2,1-2,4H3/b12-10+,18-11?. The Balaban J connectivity index is 2.21. The third-order valence-electron chi connectivity index (χ3n) is 3.75. The molecule has 19 heavy (non-hydrogen) atoms. The molecular formula is C17H22N2. The van der Waals surface area contributed by atoms with E-state index in [1.165, 1.54) is 41.6 Å². The summed E-state index contributed by atoms with van der Waals surface area (Å²) in [6.07, 6.45) is 7.41. The number of benzene rings is 1. The van der Waals surface area contributed by atoms with E-state index in [1.807, 2.05) is 13.0 Å². The van der Waals surface area contributed by atoms with E-state index in [1.54, 1.807) is 13.3 Å². The molecule has 2 nitrogen and oxygen atoms in total. The number of hydrogen-bond donors (Lipinski definition) is 1. The van der Waals surface area contributed by atoms with Crippen LogP contribution in [-0.2, 0) is 12.8 Å². The second kappa shape index (κ2) is 5.87. The Hall–Kier alpha value is -1.83. The number of aliphatic imine (C=N–C) groups is 1. The van der Waals surface area contributed by atoms with E-state index in [2.05, 4.69) is 35.9 Å². The highest BCUT2D eigenvalue weighted by atomic mass is 14.9. The molecule has 1 aromatic rings. The van der Waals surface area contributed by atoms with Crippen molar-refractivity contribution in [1.29, 1.82) is 0 Å². The molecule has 0 saturated carbocycles. The van der Waals surface area contributed by atoms with Crippen LogP contribution in [-0.4, -0.2) is 13.3 Å². The average molecular weight is 254 g/mol. The monoisotopic (exact) mass is 254 g/mol. The Kier molecular flexibility index (Phi) is 4.20. The fourth-order valence-electron chi connectivity index (χ4n) is 2.55. The van der Waals surface area contributed by atoms with E-state index in [9.17, 15) is 0 Å². The summed E-state index contributed by atoms with van der Waals surface area (Å²) in [6, 6.07) is 4.37. The molecule has 2 rings (SSSR count). The van der Waals surface area contributed by atoms with Crippen LogP contribution in [0.25, 0.3) is 0 Å². The van der Waals surface area contributed by atoms with Crippen molar-refractivity contribution in [2.45, 2.75) is 33.1 Å². The van der Waals surface area contributed by atoms with E-state index >= 15 is 0 Å². The third-order valence-corrected chi connectivity index (χ3v) is 3.75. The normalized spacial score (nSPS) is 14.8. The van der Waals surface area contributed by atoms with Gasteiger partial charge in [-0.3, -0.25) is 4.99 Å². The predicted molar refractivity (Wildman–Crippen MR) is 84.1 cm³/mol. The van der Waals surface area contributed by atoms with Crippen LogP contribution in [0.2, 0.25) is 0 Å². The molecule has 0 saturated heterocycles. The Bertz CT molecular complexity index is 551. The van der Waals surface area contributed by atoms with E-state index in [0.29, 0.717) is 0 Å². The smallest absolute Gasteiger partial charge is 0.0419 e. The van der Waals surface area contributed by atoms with E-state index in [4.69, 9.17) is 0 Å². The van der Waals surface area contributed by atoms with Crippen LogP contribution in [0.1, 0.15) is 30.0 Å². The SMILES string of the molecule is C=C(Nc1ccc(C)c2c1CCC2)/C(C)=C/C=NC. The van der Waals surface area contributed by atoms with Crippen LogP contribution < -0.4 is 5.32 Å².